The van der Waals surface area contributed by atoms with E-state index in [0.29, 0.717) is 11.6 Å². The van der Waals surface area contributed by atoms with Crippen molar-refractivity contribution in [2.75, 3.05) is 0 Å². The van der Waals surface area contributed by atoms with Crippen LogP contribution in [0.2, 0.25) is 10.1 Å². The highest BCUT2D eigenvalue weighted by molar-refractivity contribution is 7.98. The minimum absolute atomic E-state index is 0.186. The van der Waals surface area contributed by atoms with Gasteiger partial charge in [0.25, 0.3) is 0 Å². The first-order chi connectivity index (χ1) is 20.8. The standard InChI is InChI=1S/C38H39ClO2SSi/c1-29(40-27-30-17-9-5-10-18-30)35-25-32(39)26-36(37(35)42-28-31-19-11-6-12-20-31)41-43(38(2,3)4,33-21-13-7-14-22-33)34-23-15-8-16-24-34/h5-26,29H,27-28H2,1-4H3. The van der Waals surface area contributed by atoms with Crippen molar-refractivity contribution in [1.82, 2.24) is 0 Å². The predicted octanol–water partition coefficient (Wildman–Crippen LogP) is 9.85. The Balaban J connectivity index is 1.64. The predicted molar refractivity (Wildman–Crippen MR) is 185 cm³/mol. The zero-order chi connectivity index (χ0) is 30.3. The Hall–Kier alpha value is -3.28. The molecule has 0 saturated carbocycles. The third-order valence-corrected chi connectivity index (χ3v) is 14.1. The van der Waals surface area contributed by atoms with Crippen LogP contribution >= 0.6 is 23.4 Å². The lowest BCUT2D eigenvalue weighted by Gasteiger charge is -2.43. The first kappa shape index (κ1) is 31.2. The van der Waals surface area contributed by atoms with Gasteiger partial charge in [0.05, 0.1) is 17.6 Å². The van der Waals surface area contributed by atoms with Crippen LogP contribution in [0.15, 0.2) is 138 Å². The van der Waals surface area contributed by atoms with Gasteiger partial charge in [-0.15, -0.1) is 11.8 Å². The van der Waals surface area contributed by atoms with E-state index >= 15 is 0 Å². The van der Waals surface area contributed by atoms with E-state index in [9.17, 15) is 0 Å². The van der Waals surface area contributed by atoms with E-state index in [2.05, 4.69) is 131 Å². The van der Waals surface area contributed by atoms with Crippen molar-refractivity contribution in [2.45, 2.75) is 56.1 Å². The number of hydrogen-bond acceptors (Lipinski definition) is 3. The van der Waals surface area contributed by atoms with E-state index in [0.717, 1.165) is 27.5 Å². The molecule has 2 nitrogen and oxygen atoms in total. The largest absolute Gasteiger partial charge is 0.533 e. The molecule has 43 heavy (non-hydrogen) atoms. The lowest BCUT2D eigenvalue weighted by atomic mass is 10.1. The molecular formula is C38H39ClO2SSi. The number of thioether (sulfide) groups is 1. The summed E-state index contributed by atoms with van der Waals surface area (Å²) in [5, 5.41) is 2.90. The highest BCUT2D eigenvalue weighted by Gasteiger charge is 2.52. The van der Waals surface area contributed by atoms with Crippen LogP contribution < -0.4 is 14.8 Å². The van der Waals surface area contributed by atoms with E-state index in [1.807, 2.05) is 30.3 Å². The zero-order valence-corrected chi connectivity index (χ0v) is 27.9. The maximum absolute atomic E-state index is 7.57. The summed E-state index contributed by atoms with van der Waals surface area (Å²) in [6.45, 7) is 9.52. The van der Waals surface area contributed by atoms with Gasteiger partial charge in [0.1, 0.15) is 5.75 Å². The minimum atomic E-state index is -2.89. The lowest BCUT2D eigenvalue weighted by molar-refractivity contribution is 0.0507. The summed E-state index contributed by atoms with van der Waals surface area (Å²) >= 11 is 8.69. The Bertz CT molecular complexity index is 1550. The number of halogens is 1. The number of benzene rings is 5. The Kier molecular flexibility index (Phi) is 10.1. The highest BCUT2D eigenvalue weighted by Crippen LogP contribution is 2.45. The third-order valence-electron chi connectivity index (χ3n) is 7.74. The molecule has 0 radical (unpaired) electrons. The molecule has 0 amide bonds. The van der Waals surface area contributed by atoms with Gasteiger partial charge in [-0.25, -0.2) is 0 Å². The molecular weight excluding hydrogens is 584 g/mol. The van der Waals surface area contributed by atoms with Crippen molar-refractivity contribution in [1.29, 1.82) is 0 Å². The highest BCUT2D eigenvalue weighted by atomic mass is 35.5. The molecule has 5 rings (SSSR count). The second-order valence-electron chi connectivity index (χ2n) is 11.8. The van der Waals surface area contributed by atoms with Gasteiger partial charge in [-0.1, -0.05) is 154 Å². The average Bonchev–Trinajstić information content (AvgIpc) is 3.03. The van der Waals surface area contributed by atoms with Gasteiger partial charge in [-0.3, -0.25) is 0 Å². The molecule has 0 saturated heterocycles. The minimum Gasteiger partial charge on any atom is -0.533 e. The smallest absolute Gasteiger partial charge is 0.320 e. The van der Waals surface area contributed by atoms with Crippen LogP contribution in [0.1, 0.15) is 50.5 Å². The SMILES string of the molecule is CC(OCc1ccccc1)c1cc(Cl)cc(O[Si](c2ccccc2)(c2ccccc2)C(C)(C)C)c1SCc1ccccc1. The molecule has 0 aliphatic rings. The molecule has 0 heterocycles. The molecule has 0 aromatic heterocycles. The molecule has 0 bridgehead atoms. The molecule has 5 aromatic carbocycles. The second kappa shape index (κ2) is 14.0. The van der Waals surface area contributed by atoms with Crippen LogP contribution in [-0.2, 0) is 17.1 Å². The fourth-order valence-electron chi connectivity index (χ4n) is 5.55. The van der Waals surface area contributed by atoms with Crippen LogP contribution in [0.4, 0.5) is 0 Å². The fourth-order valence-corrected chi connectivity index (χ4v) is 11.4. The molecule has 0 aliphatic heterocycles. The van der Waals surface area contributed by atoms with Crippen molar-refractivity contribution >= 4 is 42.1 Å². The molecule has 0 spiro atoms. The molecule has 1 atom stereocenters. The average molecular weight is 623 g/mol. The third kappa shape index (κ3) is 7.27. The fraction of sp³-hybridized carbons (Fsp3) is 0.211. The maximum Gasteiger partial charge on any atom is 0.320 e. The summed E-state index contributed by atoms with van der Waals surface area (Å²) in [5.74, 6) is 1.62. The van der Waals surface area contributed by atoms with Crippen molar-refractivity contribution in [3.8, 4) is 5.75 Å². The van der Waals surface area contributed by atoms with Gasteiger partial charge in [0.2, 0.25) is 0 Å². The number of rotatable bonds is 11. The van der Waals surface area contributed by atoms with E-state index in [4.69, 9.17) is 20.8 Å². The first-order valence-corrected chi connectivity index (χ1v) is 18.0. The topological polar surface area (TPSA) is 18.5 Å². The molecule has 0 aliphatic carbocycles. The summed E-state index contributed by atoms with van der Waals surface area (Å²) < 4.78 is 14.0. The van der Waals surface area contributed by atoms with Gasteiger partial charge in [-0.05, 0) is 51.2 Å². The Morgan fingerprint density at radius 2 is 1.19 bits per heavy atom. The second-order valence-corrected chi connectivity index (χ2v) is 17.4. The number of ether oxygens (including phenoxy) is 1. The molecule has 1 unspecified atom stereocenters. The van der Waals surface area contributed by atoms with E-state index in [1.165, 1.54) is 15.9 Å². The van der Waals surface area contributed by atoms with Crippen LogP contribution in [0, 0.1) is 0 Å². The zero-order valence-electron chi connectivity index (χ0n) is 25.3. The molecule has 0 fully saturated rings. The number of hydrogen-bond donors (Lipinski definition) is 0. The summed E-state index contributed by atoms with van der Waals surface area (Å²) in [7, 11) is -2.89. The van der Waals surface area contributed by atoms with Crippen LogP contribution in [0.3, 0.4) is 0 Å². The molecule has 5 aromatic rings. The van der Waals surface area contributed by atoms with Crippen molar-refractivity contribution in [3.05, 3.63) is 155 Å². The quantitative estimate of drug-likeness (QED) is 0.108. The van der Waals surface area contributed by atoms with Crippen molar-refractivity contribution < 1.29 is 9.16 Å². The summed E-state index contributed by atoms with van der Waals surface area (Å²) in [6, 6.07) is 46.4. The van der Waals surface area contributed by atoms with Gasteiger partial charge in [0.15, 0.2) is 0 Å². The van der Waals surface area contributed by atoms with E-state index in [-0.39, 0.29) is 11.1 Å². The Morgan fingerprint density at radius 3 is 1.70 bits per heavy atom. The normalized spacial score (nSPS) is 12.6. The maximum atomic E-state index is 7.57. The van der Waals surface area contributed by atoms with Crippen LogP contribution in [0.5, 0.6) is 5.75 Å². The Labute approximate surface area is 267 Å². The van der Waals surface area contributed by atoms with E-state index in [1.54, 1.807) is 11.8 Å². The molecule has 0 N–H and O–H groups in total. The lowest BCUT2D eigenvalue weighted by Crippen LogP contribution is -2.68. The van der Waals surface area contributed by atoms with Crippen molar-refractivity contribution in [3.63, 3.8) is 0 Å². The van der Waals surface area contributed by atoms with Gasteiger partial charge in [-0.2, -0.15) is 0 Å². The van der Waals surface area contributed by atoms with E-state index < -0.39 is 8.32 Å². The molecule has 220 valence electrons. The Morgan fingerprint density at radius 1 is 0.698 bits per heavy atom. The van der Waals surface area contributed by atoms with Gasteiger partial charge < -0.3 is 9.16 Å². The summed E-state index contributed by atoms with van der Waals surface area (Å²) in [4.78, 5) is 1.07. The summed E-state index contributed by atoms with van der Waals surface area (Å²) in [6.07, 6.45) is -0.196. The molecule has 5 heteroatoms. The van der Waals surface area contributed by atoms with Gasteiger partial charge >= 0.3 is 8.32 Å². The van der Waals surface area contributed by atoms with Crippen LogP contribution in [0.25, 0.3) is 0 Å². The first-order valence-electron chi connectivity index (χ1n) is 14.7. The van der Waals surface area contributed by atoms with Crippen molar-refractivity contribution in [2.24, 2.45) is 0 Å². The summed E-state index contributed by atoms with van der Waals surface area (Å²) in [5.41, 5.74) is 3.43. The van der Waals surface area contributed by atoms with Gasteiger partial charge in [0, 0.05) is 10.8 Å². The monoisotopic (exact) mass is 622 g/mol. The van der Waals surface area contributed by atoms with Crippen LogP contribution in [-0.4, -0.2) is 8.32 Å².